The molecule has 0 aliphatic heterocycles. The third kappa shape index (κ3) is 2.39. The van der Waals surface area contributed by atoms with Gasteiger partial charge in [-0.2, -0.15) is 26.3 Å². The largest absolute Gasteiger partial charge is 0.429 e. The zero-order chi connectivity index (χ0) is 18.7. The first-order valence-electron chi connectivity index (χ1n) is 7.89. The standard InChI is InChI=1S/C16H21F7O/c1-5-11-9(4)10-6-12(11)13(17,7-10)14(15(18,19)20,16(21,22)23)24-8(2)3/h5,8-10,12H,6-7H2,1-4H3/b11-5+. The quantitative estimate of drug-likeness (QED) is 0.469. The fourth-order valence-electron chi connectivity index (χ4n) is 4.54. The van der Waals surface area contributed by atoms with E-state index in [9.17, 15) is 26.3 Å². The zero-order valence-electron chi connectivity index (χ0n) is 13.9. The van der Waals surface area contributed by atoms with Gasteiger partial charge in [0.05, 0.1) is 6.10 Å². The normalized spacial score (nSPS) is 36.2. The van der Waals surface area contributed by atoms with Crippen LogP contribution in [0.3, 0.4) is 0 Å². The highest BCUT2D eigenvalue weighted by Crippen LogP contribution is 2.68. The van der Waals surface area contributed by atoms with Crippen LogP contribution in [0, 0.1) is 17.8 Å². The lowest BCUT2D eigenvalue weighted by Gasteiger charge is -2.50. The molecule has 0 aromatic carbocycles. The number of ether oxygens (including phenoxy) is 1. The molecule has 1 nitrogen and oxygen atoms in total. The summed E-state index contributed by atoms with van der Waals surface area (Å²) in [5.41, 5.74) is -8.07. The molecule has 0 radical (unpaired) electrons. The highest BCUT2D eigenvalue weighted by Gasteiger charge is 2.86. The molecule has 0 amide bonds. The van der Waals surface area contributed by atoms with Gasteiger partial charge in [0.1, 0.15) is 0 Å². The monoisotopic (exact) mass is 362 g/mol. The Labute approximate surface area is 136 Å². The van der Waals surface area contributed by atoms with E-state index in [1.807, 2.05) is 0 Å². The van der Waals surface area contributed by atoms with Crippen molar-refractivity contribution in [1.29, 1.82) is 0 Å². The van der Waals surface area contributed by atoms with E-state index < -0.39 is 48.0 Å². The maximum Gasteiger partial charge on any atom is 0.429 e. The number of rotatable bonds is 3. The summed E-state index contributed by atoms with van der Waals surface area (Å²) in [6, 6.07) is 0. The van der Waals surface area contributed by atoms with Gasteiger partial charge < -0.3 is 4.74 Å². The van der Waals surface area contributed by atoms with Crippen LogP contribution < -0.4 is 0 Å². The van der Waals surface area contributed by atoms with E-state index in [0.717, 1.165) is 13.8 Å². The van der Waals surface area contributed by atoms with E-state index in [2.05, 4.69) is 4.74 Å². The molecule has 24 heavy (non-hydrogen) atoms. The number of hydrogen-bond donors (Lipinski definition) is 0. The number of alkyl halides is 7. The summed E-state index contributed by atoms with van der Waals surface area (Å²) < 4.78 is 102. The van der Waals surface area contributed by atoms with Crippen molar-refractivity contribution in [2.45, 2.75) is 70.3 Å². The van der Waals surface area contributed by atoms with Crippen LogP contribution in [0.4, 0.5) is 30.7 Å². The molecule has 0 N–H and O–H groups in total. The van der Waals surface area contributed by atoms with Crippen LogP contribution in [0.15, 0.2) is 11.6 Å². The van der Waals surface area contributed by atoms with Crippen LogP contribution in [0.25, 0.3) is 0 Å². The van der Waals surface area contributed by atoms with E-state index >= 15 is 4.39 Å². The van der Waals surface area contributed by atoms with Crippen molar-refractivity contribution in [3.8, 4) is 0 Å². The van der Waals surface area contributed by atoms with Crippen LogP contribution in [0.2, 0.25) is 0 Å². The Hall–Kier alpha value is -0.790. The second kappa shape index (κ2) is 5.61. The summed E-state index contributed by atoms with van der Waals surface area (Å²) in [5.74, 6) is -2.21. The van der Waals surface area contributed by atoms with Crippen molar-refractivity contribution in [2.75, 3.05) is 0 Å². The van der Waals surface area contributed by atoms with Gasteiger partial charge in [-0.05, 0) is 45.4 Å². The summed E-state index contributed by atoms with van der Waals surface area (Å²) in [6.45, 7) is 5.31. The molecule has 0 spiro atoms. The smallest absolute Gasteiger partial charge is 0.353 e. The predicted octanol–water partition coefficient (Wildman–Crippen LogP) is 5.61. The highest BCUT2D eigenvalue weighted by atomic mass is 19.4. The second-order valence-corrected chi connectivity index (χ2v) is 7.04. The number of hydrogen-bond acceptors (Lipinski definition) is 1. The molecule has 0 aromatic rings. The molecule has 2 saturated carbocycles. The molecule has 4 unspecified atom stereocenters. The molecule has 8 heteroatoms. The molecule has 0 aromatic heterocycles. The Morgan fingerprint density at radius 3 is 1.96 bits per heavy atom. The SMILES string of the molecule is C/C=C1\C(C)C2CC1C(F)(C(OC(C)C)(C(F)(F)F)C(F)(F)F)C2. The van der Waals surface area contributed by atoms with Crippen LogP contribution in [0.1, 0.15) is 40.5 Å². The van der Waals surface area contributed by atoms with Crippen molar-refractivity contribution < 1.29 is 35.5 Å². The number of halogens is 7. The van der Waals surface area contributed by atoms with Gasteiger partial charge in [-0.25, -0.2) is 4.39 Å². The molecule has 0 heterocycles. The Morgan fingerprint density at radius 1 is 1.12 bits per heavy atom. The number of fused-ring (bicyclic) bond motifs is 2. The number of allylic oxidation sites excluding steroid dienone is 2. The minimum Gasteiger partial charge on any atom is -0.353 e. The lowest BCUT2D eigenvalue weighted by Crippen LogP contribution is -2.73. The average Bonchev–Trinajstić information content (AvgIpc) is 2.87. The van der Waals surface area contributed by atoms with Gasteiger partial charge in [0.15, 0.2) is 5.67 Å². The second-order valence-electron chi connectivity index (χ2n) is 7.04. The average molecular weight is 362 g/mol. The van der Waals surface area contributed by atoms with Crippen LogP contribution in [0.5, 0.6) is 0 Å². The van der Waals surface area contributed by atoms with Crippen molar-refractivity contribution in [3.63, 3.8) is 0 Å². The molecule has 2 aliphatic carbocycles. The molecule has 4 atom stereocenters. The maximum atomic E-state index is 15.7. The zero-order valence-corrected chi connectivity index (χ0v) is 13.9. The molecule has 2 fully saturated rings. The Balaban J connectivity index is 2.68. The molecule has 2 aliphatic rings. The van der Waals surface area contributed by atoms with Crippen LogP contribution in [-0.2, 0) is 4.74 Å². The molecular formula is C16H21F7O. The molecule has 2 rings (SSSR count). The lowest BCUT2D eigenvalue weighted by molar-refractivity contribution is -0.425. The first-order chi connectivity index (χ1) is 10.7. The first-order valence-corrected chi connectivity index (χ1v) is 7.89. The van der Waals surface area contributed by atoms with E-state index in [1.54, 1.807) is 6.92 Å². The summed E-state index contributed by atoms with van der Waals surface area (Å²) >= 11 is 0. The minimum atomic E-state index is -5.92. The van der Waals surface area contributed by atoms with Gasteiger partial charge in [-0.1, -0.05) is 18.6 Å². The van der Waals surface area contributed by atoms with Gasteiger partial charge in [0.2, 0.25) is 0 Å². The van der Waals surface area contributed by atoms with Crippen molar-refractivity contribution in [2.24, 2.45) is 17.8 Å². The van der Waals surface area contributed by atoms with E-state index in [0.29, 0.717) is 5.57 Å². The van der Waals surface area contributed by atoms with Gasteiger partial charge in [-0.3, -0.25) is 0 Å². The topological polar surface area (TPSA) is 9.23 Å². The summed E-state index contributed by atoms with van der Waals surface area (Å²) in [6.07, 6.45) is -12.7. The third-order valence-electron chi connectivity index (χ3n) is 5.41. The fraction of sp³-hybridized carbons (Fsp3) is 0.875. The molecule has 2 bridgehead atoms. The maximum absolute atomic E-state index is 15.7. The molecular weight excluding hydrogens is 341 g/mol. The Bertz CT molecular complexity index is 505. The van der Waals surface area contributed by atoms with Gasteiger partial charge >= 0.3 is 12.4 Å². The lowest BCUT2D eigenvalue weighted by atomic mass is 9.67. The van der Waals surface area contributed by atoms with E-state index in [-0.39, 0.29) is 12.3 Å². The van der Waals surface area contributed by atoms with E-state index in [1.165, 1.54) is 13.0 Å². The van der Waals surface area contributed by atoms with Crippen molar-refractivity contribution >= 4 is 0 Å². The highest BCUT2D eigenvalue weighted by molar-refractivity contribution is 5.32. The van der Waals surface area contributed by atoms with E-state index in [4.69, 9.17) is 0 Å². The Morgan fingerprint density at radius 2 is 1.62 bits per heavy atom. The third-order valence-corrected chi connectivity index (χ3v) is 5.41. The van der Waals surface area contributed by atoms with Crippen molar-refractivity contribution in [1.82, 2.24) is 0 Å². The summed E-state index contributed by atoms with van der Waals surface area (Å²) in [5, 5.41) is 0. The fourth-order valence-corrected chi connectivity index (χ4v) is 4.54. The molecule has 140 valence electrons. The van der Waals surface area contributed by atoms with Gasteiger partial charge in [-0.15, -0.1) is 0 Å². The van der Waals surface area contributed by atoms with Crippen LogP contribution in [-0.4, -0.2) is 29.7 Å². The Kier molecular flexibility index (Phi) is 4.56. The minimum absolute atomic E-state index is 0.0211. The first kappa shape index (κ1) is 19.5. The van der Waals surface area contributed by atoms with Gasteiger partial charge in [0, 0.05) is 5.92 Å². The molecule has 0 saturated heterocycles. The van der Waals surface area contributed by atoms with Crippen molar-refractivity contribution in [3.05, 3.63) is 11.6 Å². The van der Waals surface area contributed by atoms with Gasteiger partial charge in [0.25, 0.3) is 5.60 Å². The summed E-state index contributed by atoms with van der Waals surface area (Å²) in [7, 11) is 0. The summed E-state index contributed by atoms with van der Waals surface area (Å²) in [4.78, 5) is 0. The van der Waals surface area contributed by atoms with Crippen LogP contribution >= 0.6 is 0 Å². The predicted molar refractivity (Wildman–Crippen MR) is 74.0 cm³/mol.